The Morgan fingerprint density at radius 1 is 1.33 bits per heavy atom. The highest BCUT2D eigenvalue weighted by Gasteiger charge is 2.11. The Balaban J connectivity index is 2.16. The first-order chi connectivity index (χ1) is 9.99. The van der Waals surface area contributed by atoms with E-state index in [4.69, 9.17) is 4.74 Å². The van der Waals surface area contributed by atoms with Crippen molar-refractivity contribution in [2.75, 3.05) is 12.4 Å². The van der Waals surface area contributed by atoms with Crippen molar-refractivity contribution in [2.45, 2.75) is 20.1 Å². The Kier molecular flexibility index (Phi) is 5.41. The topological polar surface area (TPSA) is 30.5 Å². The SMILES string of the molecule is COc1ccc(OC(F)F)c(NCc2cc(Br)c(C)s2)c1. The summed E-state index contributed by atoms with van der Waals surface area (Å²) in [5.74, 6) is 0.667. The van der Waals surface area contributed by atoms with Gasteiger partial charge in [-0.05, 0) is 41.1 Å². The van der Waals surface area contributed by atoms with Crippen LogP contribution in [0.25, 0.3) is 0 Å². The maximum atomic E-state index is 12.4. The molecule has 2 rings (SSSR count). The van der Waals surface area contributed by atoms with Crippen LogP contribution in [0, 0.1) is 6.92 Å². The minimum atomic E-state index is -2.86. The minimum Gasteiger partial charge on any atom is -0.497 e. The highest BCUT2D eigenvalue weighted by molar-refractivity contribution is 9.10. The smallest absolute Gasteiger partial charge is 0.387 e. The monoisotopic (exact) mass is 377 g/mol. The second kappa shape index (κ2) is 7.09. The van der Waals surface area contributed by atoms with Crippen molar-refractivity contribution >= 4 is 33.0 Å². The standard InChI is InChI=1S/C14H14BrF2NO2S/c1-8-11(15)6-10(21-8)7-18-12-5-9(19-2)3-4-13(12)20-14(16)17/h3-6,14,18H,7H2,1-2H3. The van der Waals surface area contributed by atoms with Crippen molar-refractivity contribution in [3.63, 3.8) is 0 Å². The largest absolute Gasteiger partial charge is 0.497 e. The van der Waals surface area contributed by atoms with E-state index in [0.717, 1.165) is 9.35 Å². The maximum absolute atomic E-state index is 12.4. The first-order valence-electron chi connectivity index (χ1n) is 6.11. The first-order valence-corrected chi connectivity index (χ1v) is 7.72. The average Bonchev–Trinajstić information content (AvgIpc) is 2.76. The highest BCUT2D eigenvalue weighted by Crippen LogP contribution is 2.32. The number of hydrogen-bond acceptors (Lipinski definition) is 4. The molecule has 3 nitrogen and oxygen atoms in total. The van der Waals surface area contributed by atoms with Gasteiger partial charge in [-0.3, -0.25) is 0 Å². The zero-order chi connectivity index (χ0) is 15.4. The van der Waals surface area contributed by atoms with Crippen LogP contribution in [0.5, 0.6) is 11.5 Å². The van der Waals surface area contributed by atoms with E-state index in [1.54, 1.807) is 23.5 Å². The summed E-state index contributed by atoms with van der Waals surface area (Å²) in [5, 5.41) is 3.10. The molecule has 114 valence electrons. The van der Waals surface area contributed by atoms with Crippen molar-refractivity contribution in [3.05, 3.63) is 38.5 Å². The van der Waals surface area contributed by atoms with Gasteiger partial charge >= 0.3 is 6.61 Å². The molecule has 0 aliphatic rings. The Morgan fingerprint density at radius 2 is 2.10 bits per heavy atom. The number of hydrogen-bond donors (Lipinski definition) is 1. The van der Waals surface area contributed by atoms with E-state index in [0.29, 0.717) is 18.0 Å². The predicted molar refractivity (Wildman–Crippen MR) is 83.7 cm³/mol. The summed E-state index contributed by atoms with van der Waals surface area (Å²) in [6, 6.07) is 6.67. The van der Waals surface area contributed by atoms with Gasteiger partial charge in [0.25, 0.3) is 0 Å². The Labute approximate surface area is 134 Å². The third-order valence-corrected chi connectivity index (χ3v) is 4.90. The van der Waals surface area contributed by atoms with Crippen molar-refractivity contribution < 1.29 is 18.3 Å². The second-order valence-corrected chi connectivity index (χ2v) is 6.41. The number of rotatable bonds is 6. The lowest BCUT2D eigenvalue weighted by atomic mass is 10.2. The van der Waals surface area contributed by atoms with Gasteiger partial charge in [0, 0.05) is 26.8 Å². The minimum absolute atomic E-state index is 0.0955. The summed E-state index contributed by atoms with van der Waals surface area (Å²) >= 11 is 5.08. The molecule has 7 heteroatoms. The molecule has 0 atom stereocenters. The van der Waals surface area contributed by atoms with Crippen molar-refractivity contribution in [3.8, 4) is 11.5 Å². The molecule has 21 heavy (non-hydrogen) atoms. The van der Waals surface area contributed by atoms with Crippen molar-refractivity contribution in [1.29, 1.82) is 0 Å². The molecule has 1 N–H and O–H groups in total. The molecule has 0 bridgehead atoms. The van der Waals surface area contributed by atoms with Crippen LogP contribution in [0.3, 0.4) is 0 Å². The van der Waals surface area contributed by atoms with E-state index in [1.807, 2.05) is 13.0 Å². The third kappa shape index (κ3) is 4.31. The van der Waals surface area contributed by atoms with Crippen LogP contribution in [0.4, 0.5) is 14.5 Å². The number of thiophene rings is 1. The van der Waals surface area contributed by atoms with E-state index in [2.05, 4.69) is 26.0 Å². The molecule has 0 amide bonds. The van der Waals surface area contributed by atoms with Crippen LogP contribution >= 0.6 is 27.3 Å². The van der Waals surface area contributed by atoms with Gasteiger partial charge in [-0.15, -0.1) is 11.3 Å². The molecule has 1 heterocycles. The lowest BCUT2D eigenvalue weighted by Crippen LogP contribution is -2.06. The molecule has 0 spiro atoms. The van der Waals surface area contributed by atoms with Crippen LogP contribution in [0.1, 0.15) is 9.75 Å². The summed E-state index contributed by atoms with van der Waals surface area (Å²) in [7, 11) is 1.52. The number of benzene rings is 1. The van der Waals surface area contributed by atoms with Gasteiger partial charge in [0.15, 0.2) is 0 Å². The van der Waals surface area contributed by atoms with Crippen LogP contribution in [-0.2, 0) is 6.54 Å². The van der Waals surface area contributed by atoms with E-state index in [-0.39, 0.29) is 5.75 Å². The highest BCUT2D eigenvalue weighted by atomic mass is 79.9. The number of nitrogens with one attached hydrogen (secondary N) is 1. The summed E-state index contributed by atoms with van der Waals surface area (Å²) < 4.78 is 35.5. The van der Waals surface area contributed by atoms with Crippen LogP contribution in [-0.4, -0.2) is 13.7 Å². The summed E-state index contributed by atoms with van der Waals surface area (Å²) in [4.78, 5) is 2.26. The number of aryl methyl sites for hydroxylation is 1. The Morgan fingerprint density at radius 3 is 2.67 bits per heavy atom. The second-order valence-electron chi connectivity index (χ2n) is 4.21. The molecule has 2 aromatic rings. The predicted octanol–water partition coefficient (Wildman–Crippen LogP) is 5.04. The molecule has 0 aliphatic carbocycles. The molecular weight excluding hydrogens is 364 g/mol. The van der Waals surface area contributed by atoms with E-state index in [1.165, 1.54) is 18.1 Å². The summed E-state index contributed by atoms with van der Waals surface area (Å²) in [6.45, 7) is -0.337. The number of anilines is 1. The normalized spacial score (nSPS) is 10.8. The third-order valence-electron chi connectivity index (χ3n) is 2.76. The van der Waals surface area contributed by atoms with Gasteiger partial charge in [-0.1, -0.05) is 0 Å². The lowest BCUT2D eigenvalue weighted by molar-refractivity contribution is -0.0493. The van der Waals surface area contributed by atoms with Gasteiger partial charge in [0.1, 0.15) is 11.5 Å². The molecule has 0 unspecified atom stereocenters. The zero-order valence-electron chi connectivity index (χ0n) is 11.5. The molecule has 0 fully saturated rings. The fraction of sp³-hybridized carbons (Fsp3) is 0.286. The quantitative estimate of drug-likeness (QED) is 0.764. The van der Waals surface area contributed by atoms with Gasteiger partial charge in [0.2, 0.25) is 0 Å². The number of halogens is 3. The van der Waals surface area contributed by atoms with E-state index < -0.39 is 6.61 Å². The number of alkyl halides is 2. The lowest BCUT2D eigenvalue weighted by Gasteiger charge is -2.13. The first kappa shape index (κ1) is 16.0. The van der Waals surface area contributed by atoms with E-state index >= 15 is 0 Å². The average molecular weight is 378 g/mol. The van der Waals surface area contributed by atoms with Gasteiger partial charge in [-0.2, -0.15) is 8.78 Å². The molecule has 0 saturated heterocycles. The molecule has 1 aromatic heterocycles. The van der Waals surface area contributed by atoms with Gasteiger partial charge < -0.3 is 14.8 Å². The summed E-state index contributed by atoms with van der Waals surface area (Å²) in [6.07, 6.45) is 0. The van der Waals surface area contributed by atoms with Crippen molar-refractivity contribution in [2.24, 2.45) is 0 Å². The maximum Gasteiger partial charge on any atom is 0.387 e. The van der Waals surface area contributed by atoms with Gasteiger partial charge in [-0.25, -0.2) is 0 Å². The van der Waals surface area contributed by atoms with Crippen molar-refractivity contribution in [1.82, 2.24) is 0 Å². The number of methoxy groups -OCH3 is 1. The molecular formula is C14H14BrF2NO2S. The summed E-state index contributed by atoms with van der Waals surface area (Å²) in [5.41, 5.74) is 0.469. The number of ether oxygens (including phenoxy) is 2. The fourth-order valence-electron chi connectivity index (χ4n) is 1.76. The molecule has 0 radical (unpaired) electrons. The van der Waals surface area contributed by atoms with Crippen LogP contribution in [0.15, 0.2) is 28.7 Å². The Hall–Kier alpha value is -1.34. The van der Waals surface area contributed by atoms with Gasteiger partial charge in [0.05, 0.1) is 12.8 Å². The zero-order valence-corrected chi connectivity index (χ0v) is 13.9. The molecule has 0 aliphatic heterocycles. The molecule has 0 saturated carbocycles. The van der Waals surface area contributed by atoms with Crippen LogP contribution in [0.2, 0.25) is 0 Å². The Bertz CT molecular complexity index is 600. The molecule has 1 aromatic carbocycles. The van der Waals surface area contributed by atoms with E-state index in [9.17, 15) is 8.78 Å². The van der Waals surface area contributed by atoms with Crippen LogP contribution < -0.4 is 14.8 Å². The fourth-order valence-corrected chi connectivity index (χ4v) is 3.30.